The van der Waals surface area contributed by atoms with E-state index in [0.717, 1.165) is 16.9 Å². The van der Waals surface area contributed by atoms with E-state index in [-0.39, 0.29) is 24.3 Å². The fourth-order valence-corrected chi connectivity index (χ4v) is 2.56. The molecule has 132 valence electrons. The number of hydrogen-bond acceptors (Lipinski definition) is 3. The topological polar surface area (TPSA) is 67.4 Å². The summed E-state index contributed by atoms with van der Waals surface area (Å²) in [4.78, 5) is 24.6. The summed E-state index contributed by atoms with van der Waals surface area (Å²) in [6.07, 6.45) is 0.227. The van der Waals surface area contributed by atoms with Crippen LogP contribution in [0, 0.1) is 6.92 Å². The molecule has 0 spiro atoms. The number of ether oxygens (including phenoxy) is 1. The summed E-state index contributed by atoms with van der Waals surface area (Å²) < 4.78 is 5.23. The van der Waals surface area contributed by atoms with Crippen LogP contribution in [-0.4, -0.2) is 25.0 Å². The molecule has 0 unspecified atom stereocenters. The number of amides is 2. The molecule has 0 radical (unpaired) electrons. The number of nitrogens with one attached hydrogen (secondary N) is 2. The molecule has 2 aromatic carbocycles. The van der Waals surface area contributed by atoms with E-state index in [2.05, 4.69) is 10.6 Å². The highest BCUT2D eigenvalue weighted by atomic mass is 16.5. The zero-order chi connectivity index (χ0) is 18.4. The van der Waals surface area contributed by atoms with Gasteiger partial charge in [0.1, 0.15) is 5.75 Å². The Morgan fingerprint density at radius 2 is 1.84 bits per heavy atom. The van der Waals surface area contributed by atoms with Gasteiger partial charge in [-0.05, 0) is 50.1 Å². The number of rotatable bonds is 6. The second-order valence-corrected chi connectivity index (χ2v) is 6.20. The second kappa shape index (κ2) is 8.33. The molecule has 0 aliphatic heterocycles. The third-order valence-corrected chi connectivity index (χ3v) is 3.69. The molecule has 5 heteroatoms. The third-order valence-electron chi connectivity index (χ3n) is 3.69. The Morgan fingerprint density at radius 3 is 2.48 bits per heavy atom. The van der Waals surface area contributed by atoms with Crippen LogP contribution in [-0.2, 0) is 11.2 Å². The molecule has 0 saturated heterocycles. The van der Waals surface area contributed by atoms with Crippen LogP contribution in [0.5, 0.6) is 5.75 Å². The van der Waals surface area contributed by atoms with Gasteiger partial charge in [0, 0.05) is 6.04 Å². The molecule has 0 aliphatic carbocycles. The highest BCUT2D eigenvalue weighted by Crippen LogP contribution is 2.20. The minimum Gasteiger partial charge on any atom is -0.496 e. The first-order valence-corrected chi connectivity index (χ1v) is 8.24. The van der Waals surface area contributed by atoms with E-state index in [0.29, 0.717) is 11.3 Å². The molecular weight excluding hydrogens is 316 g/mol. The minimum atomic E-state index is -0.203. The number of aryl methyl sites for hydroxylation is 1. The van der Waals surface area contributed by atoms with Crippen molar-refractivity contribution in [1.82, 2.24) is 5.32 Å². The van der Waals surface area contributed by atoms with Crippen molar-refractivity contribution < 1.29 is 14.3 Å². The van der Waals surface area contributed by atoms with E-state index >= 15 is 0 Å². The van der Waals surface area contributed by atoms with E-state index in [9.17, 15) is 9.59 Å². The SMILES string of the molecule is COc1ccc(CC(=O)Nc2ccccc2C(=O)NC(C)C)cc1C. The summed E-state index contributed by atoms with van der Waals surface area (Å²) in [6, 6.07) is 12.7. The lowest BCUT2D eigenvalue weighted by Gasteiger charge is -2.13. The number of carbonyl (C=O) groups is 2. The summed E-state index contributed by atoms with van der Waals surface area (Å²) in [5.74, 6) is 0.417. The Bertz CT molecular complexity index is 769. The molecule has 0 atom stereocenters. The van der Waals surface area contributed by atoms with E-state index in [1.807, 2.05) is 39.0 Å². The summed E-state index contributed by atoms with van der Waals surface area (Å²) in [7, 11) is 1.62. The number of hydrogen-bond donors (Lipinski definition) is 2. The predicted octanol–water partition coefficient (Wildman–Crippen LogP) is 3.32. The van der Waals surface area contributed by atoms with Gasteiger partial charge in [0.25, 0.3) is 5.91 Å². The highest BCUT2D eigenvalue weighted by molar-refractivity contribution is 6.04. The number of para-hydroxylation sites is 1. The number of carbonyl (C=O) groups excluding carboxylic acids is 2. The van der Waals surface area contributed by atoms with Gasteiger partial charge in [0.15, 0.2) is 0 Å². The standard InChI is InChI=1S/C20H24N2O3/c1-13(2)21-20(24)16-7-5-6-8-17(16)22-19(23)12-15-9-10-18(25-4)14(3)11-15/h5-11,13H,12H2,1-4H3,(H,21,24)(H,22,23). The Balaban J connectivity index is 2.10. The molecule has 2 rings (SSSR count). The Morgan fingerprint density at radius 1 is 1.12 bits per heavy atom. The average Bonchev–Trinajstić information content (AvgIpc) is 2.54. The van der Waals surface area contributed by atoms with Crippen LogP contribution in [0.15, 0.2) is 42.5 Å². The quantitative estimate of drug-likeness (QED) is 0.848. The first-order valence-electron chi connectivity index (χ1n) is 8.24. The maximum absolute atomic E-state index is 12.4. The van der Waals surface area contributed by atoms with Crippen LogP contribution in [0.25, 0.3) is 0 Å². The molecule has 0 saturated carbocycles. The van der Waals surface area contributed by atoms with Crippen LogP contribution >= 0.6 is 0 Å². The van der Waals surface area contributed by atoms with Crippen molar-refractivity contribution in [2.45, 2.75) is 33.2 Å². The lowest BCUT2D eigenvalue weighted by atomic mass is 10.1. The molecule has 0 bridgehead atoms. The van der Waals surface area contributed by atoms with E-state index in [4.69, 9.17) is 4.74 Å². The molecule has 2 amide bonds. The monoisotopic (exact) mass is 340 g/mol. The lowest BCUT2D eigenvalue weighted by Crippen LogP contribution is -2.31. The van der Waals surface area contributed by atoms with E-state index < -0.39 is 0 Å². The van der Waals surface area contributed by atoms with Crippen LogP contribution in [0.1, 0.15) is 35.3 Å². The molecule has 0 aliphatic rings. The third kappa shape index (κ3) is 5.08. The summed E-state index contributed by atoms with van der Waals surface area (Å²) in [5.41, 5.74) is 2.83. The molecule has 0 aromatic heterocycles. The smallest absolute Gasteiger partial charge is 0.253 e. The molecule has 2 N–H and O–H groups in total. The molecular formula is C20H24N2O3. The largest absolute Gasteiger partial charge is 0.496 e. The van der Waals surface area contributed by atoms with Crippen molar-refractivity contribution in [3.05, 3.63) is 59.2 Å². The maximum atomic E-state index is 12.4. The van der Waals surface area contributed by atoms with E-state index in [1.54, 1.807) is 31.4 Å². The van der Waals surface area contributed by atoms with Gasteiger partial charge in [-0.3, -0.25) is 9.59 Å². The van der Waals surface area contributed by atoms with Crippen molar-refractivity contribution >= 4 is 17.5 Å². The van der Waals surface area contributed by atoms with E-state index in [1.165, 1.54) is 0 Å². The predicted molar refractivity (Wildman–Crippen MR) is 99.1 cm³/mol. The minimum absolute atomic E-state index is 0.0264. The van der Waals surface area contributed by atoms with Gasteiger partial charge in [-0.15, -0.1) is 0 Å². The highest BCUT2D eigenvalue weighted by Gasteiger charge is 2.14. The maximum Gasteiger partial charge on any atom is 0.253 e. The van der Waals surface area contributed by atoms with Crippen molar-refractivity contribution in [3.63, 3.8) is 0 Å². The van der Waals surface area contributed by atoms with Gasteiger partial charge in [0.2, 0.25) is 5.91 Å². The van der Waals surface area contributed by atoms with Gasteiger partial charge < -0.3 is 15.4 Å². The summed E-state index contributed by atoms with van der Waals surface area (Å²) in [5, 5.41) is 5.67. The Hall–Kier alpha value is -2.82. The van der Waals surface area contributed by atoms with Gasteiger partial charge in [-0.2, -0.15) is 0 Å². The number of anilines is 1. The summed E-state index contributed by atoms with van der Waals surface area (Å²) in [6.45, 7) is 5.72. The van der Waals surface area contributed by atoms with Crippen LogP contribution in [0.2, 0.25) is 0 Å². The molecule has 5 nitrogen and oxygen atoms in total. The Labute approximate surface area is 148 Å². The fourth-order valence-electron chi connectivity index (χ4n) is 2.56. The molecule has 2 aromatic rings. The first kappa shape index (κ1) is 18.5. The molecule has 25 heavy (non-hydrogen) atoms. The zero-order valence-corrected chi connectivity index (χ0v) is 15.1. The zero-order valence-electron chi connectivity index (χ0n) is 15.1. The lowest BCUT2D eigenvalue weighted by molar-refractivity contribution is -0.115. The van der Waals surface area contributed by atoms with Crippen molar-refractivity contribution in [3.8, 4) is 5.75 Å². The fraction of sp³-hybridized carbons (Fsp3) is 0.300. The molecule has 0 heterocycles. The van der Waals surface area contributed by atoms with Crippen molar-refractivity contribution in [1.29, 1.82) is 0 Å². The summed E-state index contributed by atoms with van der Waals surface area (Å²) >= 11 is 0. The van der Waals surface area contributed by atoms with Crippen LogP contribution < -0.4 is 15.4 Å². The van der Waals surface area contributed by atoms with Gasteiger partial charge in [-0.1, -0.05) is 24.3 Å². The van der Waals surface area contributed by atoms with Crippen molar-refractivity contribution in [2.75, 3.05) is 12.4 Å². The molecule has 0 fully saturated rings. The number of benzene rings is 2. The second-order valence-electron chi connectivity index (χ2n) is 6.20. The number of methoxy groups -OCH3 is 1. The van der Waals surface area contributed by atoms with Gasteiger partial charge in [-0.25, -0.2) is 0 Å². The van der Waals surface area contributed by atoms with Gasteiger partial charge in [0.05, 0.1) is 24.8 Å². The average molecular weight is 340 g/mol. The van der Waals surface area contributed by atoms with Gasteiger partial charge >= 0.3 is 0 Å². The van der Waals surface area contributed by atoms with Crippen LogP contribution in [0.3, 0.4) is 0 Å². The van der Waals surface area contributed by atoms with Crippen molar-refractivity contribution in [2.24, 2.45) is 0 Å². The van der Waals surface area contributed by atoms with Crippen LogP contribution in [0.4, 0.5) is 5.69 Å². The Kier molecular flexibility index (Phi) is 6.17. The first-order chi connectivity index (χ1) is 11.9. The normalized spacial score (nSPS) is 10.4.